The van der Waals surface area contributed by atoms with Gasteiger partial charge in [-0.15, -0.1) is 0 Å². The van der Waals surface area contributed by atoms with E-state index >= 15 is 0 Å². The Morgan fingerprint density at radius 1 is 1.00 bits per heavy atom. The van der Waals surface area contributed by atoms with Crippen molar-refractivity contribution >= 4 is 33.2 Å². The molecular formula is C24H25ClN2O4S. The predicted molar refractivity (Wildman–Crippen MR) is 127 cm³/mol. The standard InChI is InChI=1S/C24H25ClN2O4S/c1-18-6-5-8-21(16-18)27(32(29,30)22-12-10-20(25)11-13-22)17-24(28)26-14-15-31-23-9-4-3-7-19(23)2/h3-13,16H,14-15,17H2,1-2H3,(H,26,28). The van der Waals surface area contributed by atoms with Crippen LogP contribution in [0.3, 0.4) is 0 Å². The Balaban J connectivity index is 1.72. The third-order valence-electron chi connectivity index (χ3n) is 4.75. The van der Waals surface area contributed by atoms with Gasteiger partial charge in [-0.05, 0) is 67.4 Å². The van der Waals surface area contributed by atoms with Crippen LogP contribution >= 0.6 is 11.6 Å². The van der Waals surface area contributed by atoms with Crippen molar-refractivity contribution in [3.63, 3.8) is 0 Å². The zero-order chi connectivity index (χ0) is 23.1. The van der Waals surface area contributed by atoms with Gasteiger partial charge < -0.3 is 10.1 Å². The van der Waals surface area contributed by atoms with E-state index in [0.29, 0.717) is 10.7 Å². The number of carbonyl (C=O) groups is 1. The fourth-order valence-corrected chi connectivity index (χ4v) is 4.63. The van der Waals surface area contributed by atoms with E-state index in [-0.39, 0.29) is 24.6 Å². The minimum atomic E-state index is -3.98. The van der Waals surface area contributed by atoms with E-state index in [2.05, 4.69) is 5.32 Å². The summed E-state index contributed by atoms with van der Waals surface area (Å²) in [6.07, 6.45) is 0. The molecule has 0 radical (unpaired) electrons. The maximum Gasteiger partial charge on any atom is 0.264 e. The lowest BCUT2D eigenvalue weighted by molar-refractivity contribution is -0.119. The molecular weight excluding hydrogens is 448 g/mol. The van der Waals surface area contributed by atoms with E-state index in [1.807, 2.05) is 44.2 Å². The normalized spacial score (nSPS) is 11.1. The molecule has 0 fully saturated rings. The summed E-state index contributed by atoms with van der Waals surface area (Å²) in [5.41, 5.74) is 2.29. The number of hydrogen-bond acceptors (Lipinski definition) is 4. The first kappa shape index (κ1) is 23.6. The van der Waals surface area contributed by atoms with Crippen LogP contribution in [0.5, 0.6) is 5.75 Å². The first-order valence-electron chi connectivity index (χ1n) is 10.1. The Morgan fingerprint density at radius 2 is 1.72 bits per heavy atom. The second kappa shape index (κ2) is 10.5. The highest BCUT2D eigenvalue weighted by atomic mass is 35.5. The highest BCUT2D eigenvalue weighted by molar-refractivity contribution is 7.92. The van der Waals surface area contributed by atoms with Crippen molar-refractivity contribution in [2.24, 2.45) is 0 Å². The topological polar surface area (TPSA) is 75.7 Å². The van der Waals surface area contributed by atoms with Crippen LogP contribution in [0.25, 0.3) is 0 Å². The molecule has 0 spiro atoms. The molecule has 0 aliphatic rings. The van der Waals surface area contributed by atoms with E-state index in [1.54, 1.807) is 18.2 Å². The molecule has 0 saturated heterocycles. The van der Waals surface area contributed by atoms with Gasteiger partial charge in [-0.2, -0.15) is 0 Å². The van der Waals surface area contributed by atoms with Crippen molar-refractivity contribution < 1.29 is 17.9 Å². The molecule has 3 rings (SSSR count). The summed E-state index contributed by atoms with van der Waals surface area (Å²) >= 11 is 5.90. The first-order valence-corrected chi connectivity index (χ1v) is 11.9. The highest BCUT2D eigenvalue weighted by Crippen LogP contribution is 2.25. The number of anilines is 1. The zero-order valence-corrected chi connectivity index (χ0v) is 19.5. The van der Waals surface area contributed by atoms with Crippen LogP contribution in [0.1, 0.15) is 11.1 Å². The molecule has 32 heavy (non-hydrogen) atoms. The largest absolute Gasteiger partial charge is 0.491 e. The lowest BCUT2D eigenvalue weighted by Crippen LogP contribution is -2.42. The van der Waals surface area contributed by atoms with Crippen LogP contribution in [0.4, 0.5) is 5.69 Å². The van der Waals surface area contributed by atoms with Crippen molar-refractivity contribution in [1.82, 2.24) is 5.32 Å². The summed E-state index contributed by atoms with van der Waals surface area (Å²) in [5, 5.41) is 3.16. The molecule has 0 unspecified atom stereocenters. The smallest absolute Gasteiger partial charge is 0.264 e. The number of halogens is 1. The summed E-state index contributed by atoms with van der Waals surface area (Å²) in [6.45, 7) is 3.95. The summed E-state index contributed by atoms with van der Waals surface area (Å²) in [6, 6.07) is 20.5. The van der Waals surface area contributed by atoms with E-state index in [1.165, 1.54) is 24.3 Å². The Labute approximate surface area is 193 Å². The molecule has 0 aromatic heterocycles. The average molecular weight is 473 g/mol. The van der Waals surface area contributed by atoms with Gasteiger partial charge >= 0.3 is 0 Å². The number of rotatable bonds is 9. The summed E-state index contributed by atoms with van der Waals surface area (Å²) in [4.78, 5) is 12.7. The number of hydrogen-bond donors (Lipinski definition) is 1. The quantitative estimate of drug-likeness (QED) is 0.470. The molecule has 3 aromatic carbocycles. The molecule has 0 heterocycles. The van der Waals surface area contributed by atoms with Crippen molar-refractivity contribution in [3.05, 3.63) is 88.9 Å². The van der Waals surface area contributed by atoms with Crippen LogP contribution in [-0.4, -0.2) is 34.0 Å². The number of nitrogens with one attached hydrogen (secondary N) is 1. The van der Waals surface area contributed by atoms with Crippen molar-refractivity contribution in [2.45, 2.75) is 18.7 Å². The lowest BCUT2D eigenvalue weighted by atomic mass is 10.2. The summed E-state index contributed by atoms with van der Waals surface area (Å²) in [7, 11) is -3.98. The molecule has 0 bridgehead atoms. The monoisotopic (exact) mass is 472 g/mol. The SMILES string of the molecule is Cc1cccc(N(CC(=O)NCCOc2ccccc2C)S(=O)(=O)c2ccc(Cl)cc2)c1. The molecule has 1 amide bonds. The minimum Gasteiger partial charge on any atom is -0.491 e. The maximum absolute atomic E-state index is 13.3. The Bertz CT molecular complexity index is 1180. The highest BCUT2D eigenvalue weighted by Gasteiger charge is 2.27. The van der Waals surface area contributed by atoms with Crippen molar-refractivity contribution in [3.8, 4) is 5.75 Å². The van der Waals surface area contributed by atoms with Crippen molar-refractivity contribution in [2.75, 3.05) is 24.0 Å². The molecule has 1 N–H and O–H groups in total. The van der Waals surface area contributed by atoms with Crippen LogP contribution < -0.4 is 14.4 Å². The van der Waals surface area contributed by atoms with Gasteiger partial charge in [-0.25, -0.2) is 8.42 Å². The molecule has 0 atom stereocenters. The van der Waals surface area contributed by atoms with Gasteiger partial charge in [0.15, 0.2) is 0 Å². The van der Waals surface area contributed by atoms with Crippen molar-refractivity contribution in [1.29, 1.82) is 0 Å². The van der Waals surface area contributed by atoms with Gasteiger partial charge in [0.1, 0.15) is 18.9 Å². The molecule has 3 aromatic rings. The van der Waals surface area contributed by atoms with Crippen LogP contribution in [0.15, 0.2) is 77.7 Å². The molecule has 168 valence electrons. The number of aryl methyl sites for hydroxylation is 2. The summed E-state index contributed by atoms with van der Waals surface area (Å²) < 4.78 is 33.4. The number of para-hydroxylation sites is 1. The van der Waals surface area contributed by atoms with Gasteiger partial charge in [0.05, 0.1) is 17.1 Å². The number of sulfonamides is 1. The Kier molecular flexibility index (Phi) is 7.77. The number of carbonyl (C=O) groups excluding carboxylic acids is 1. The average Bonchev–Trinajstić information content (AvgIpc) is 2.76. The number of ether oxygens (including phenoxy) is 1. The second-order valence-electron chi connectivity index (χ2n) is 7.27. The van der Waals surface area contributed by atoms with Gasteiger partial charge in [0.2, 0.25) is 5.91 Å². The second-order valence-corrected chi connectivity index (χ2v) is 9.57. The number of nitrogens with zero attached hydrogens (tertiary/aromatic N) is 1. The minimum absolute atomic E-state index is 0.0547. The lowest BCUT2D eigenvalue weighted by Gasteiger charge is -2.24. The van der Waals surface area contributed by atoms with Gasteiger partial charge in [0, 0.05) is 5.02 Å². The molecule has 6 nitrogen and oxygen atoms in total. The zero-order valence-electron chi connectivity index (χ0n) is 17.9. The number of amides is 1. The van der Waals surface area contributed by atoms with E-state index < -0.39 is 15.9 Å². The van der Waals surface area contributed by atoms with E-state index in [4.69, 9.17) is 16.3 Å². The predicted octanol–water partition coefficient (Wildman–Crippen LogP) is 4.35. The molecule has 0 aliphatic carbocycles. The van der Waals surface area contributed by atoms with Crippen LogP contribution in [-0.2, 0) is 14.8 Å². The maximum atomic E-state index is 13.3. The summed E-state index contributed by atoms with van der Waals surface area (Å²) in [5.74, 6) is 0.311. The van der Waals surface area contributed by atoms with E-state index in [9.17, 15) is 13.2 Å². The van der Waals surface area contributed by atoms with Gasteiger partial charge in [0.25, 0.3) is 10.0 Å². The Hall–Kier alpha value is -3.03. The third kappa shape index (κ3) is 6.02. The number of benzene rings is 3. The molecule has 0 saturated carbocycles. The van der Waals surface area contributed by atoms with Crippen LogP contribution in [0, 0.1) is 13.8 Å². The first-order chi connectivity index (χ1) is 15.3. The van der Waals surface area contributed by atoms with Gasteiger partial charge in [-0.3, -0.25) is 9.10 Å². The van der Waals surface area contributed by atoms with Gasteiger partial charge in [-0.1, -0.05) is 41.9 Å². The Morgan fingerprint density at radius 3 is 2.41 bits per heavy atom. The molecule has 8 heteroatoms. The fourth-order valence-electron chi connectivity index (χ4n) is 3.09. The van der Waals surface area contributed by atoms with E-state index in [0.717, 1.165) is 21.2 Å². The fraction of sp³-hybridized carbons (Fsp3) is 0.208. The molecule has 0 aliphatic heterocycles. The van der Waals surface area contributed by atoms with Crippen LogP contribution in [0.2, 0.25) is 5.02 Å². The third-order valence-corrected chi connectivity index (χ3v) is 6.79.